The monoisotopic (exact) mass is 263 g/mol. The molecule has 1 aromatic heterocycles. The van der Waals surface area contributed by atoms with Crippen LogP contribution in [0.5, 0.6) is 0 Å². The SMILES string of the molecule is CN(Cc1ccccn1)C(=O)[C@H]1CC[C@H](N)[C@@H](O)C1. The van der Waals surface area contributed by atoms with Crippen LogP contribution in [0.2, 0.25) is 0 Å². The van der Waals surface area contributed by atoms with Gasteiger partial charge in [0.25, 0.3) is 0 Å². The van der Waals surface area contributed by atoms with E-state index in [0.717, 1.165) is 12.1 Å². The van der Waals surface area contributed by atoms with Gasteiger partial charge in [0, 0.05) is 25.2 Å². The second-order valence-corrected chi connectivity index (χ2v) is 5.26. The minimum absolute atomic E-state index is 0.0663. The van der Waals surface area contributed by atoms with E-state index in [1.807, 2.05) is 18.2 Å². The molecule has 1 aliphatic rings. The third-order valence-electron chi connectivity index (χ3n) is 3.72. The number of hydrogen-bond donors (Lipinski definition) is 2. The van der Waals surface area contributed by atoms with Gasteiger partial charge in [0.1, 0.15) is 0 Å². The van der Waals surface area contributed by atoms with Gasteiger partial charge < -0.3 is 15.7 Å². The third kappa shape index (κ3) is 3.52. The molecule has 0 saturated heterocycles. The van der Waals surface area contributed by atoms with E-state index in [0.29, 0.717) is 19.4 Å². The highest BCUT2D eigenvalue weighted by Gasteiger charge is 2.32. The summed E-state index contributed by atoms with van der Waals surface area (Å²) in [6.45, 7) is 0.498. The summed E-state index contributed by atoms with van der Waals surface area (Å²) < 4.78 is 0. The maximum Gasteiger partial charge on any atom is 0.225 e. The quantitative estimate of drug-likeness (QED) is 0.833. The normalized spacial score (nSPS) is 27.0. The standard InChI is InChI=1S/C14H21N3O2/c1-17(9-11-4-2-3-7-16-11)14(19)10-5-6-12(15)13(18)8-10/h2-4,7,10,12-13,18H,5-6,8-9,15H2,1H3/t10-,12-,13-/m0/s1. The molecule has 3 N–H and O–H groups in total. The topological polar surface area (TPSA) is 79.5 Å². The van der Waals surface area contributed by atoms with Gasteiger partial charge in [-0.15, -0.1) is 0 Å². The summed E-state index contributed by atoms with van der Waals surface area (Å²) in [7, 11) is 1.78. The Kier molecular flexibility index (Phi) is 4.50. The number of pyridine rings is 1. The molecule has 5 heteroatoms. The molecule has 0 bridgehead atoms. The van der Waals surface area contributed by atoms with Crippen LogP contribution in [-0.4, -0.2) is 40.1 Å². The zero-order valence-corrected chi connectivity index (χ0v) is 11.2. The largest absolute Gasteiger partial charge is 0.391 e. The van der Waals surface area contributed by atoms with Crippen molar-refractivity contribution in [1.82, 2.24) is 9.88 Å². The van der Waals surface area contributed by atoms with Gasteiger partial charge in [-0.1, -0.05) is 6.07 Å². The van der Waals surface area contributed by atoms with E-state index in [1.54, 1.807) is 18.1 Å². The summed E-state index contributed by atoms with van der Waals surface area (Å²) in [5.41, 5.74) is 6.62. The van der Waals surface area contributed by atoms with Crippen molar-refractivity contribution in [2.24, 2.45) is 11.7 Å². The van der Waals surface area contributed by atoms with Crippen LogP contribution in [0.3, 0.4) is 0 Å². The van der Waals surface area contributed by atoms with Crippen LogP contribution in [-0.2, 0) is 11.3 Å². The Labute approximate surface area is 113 Å². The van der Waals surface area contributed by atoms with Crippen LogP contribution in [0.15, 0.2) is 24.4 Å². The first-order valence-electron chi connectivity index (χ1n) is 6.66. The van der Waals surface area contributed by atoms with Crippen molar-refractivity contribution in [3.63, 3.8) is 0 Å². The highest BCUT2D eigenvalue weighted by molar-refractivity contribution is 5.78. The Bertz CT molecular complexity index is 424. The maximum atomic E-state index is 12.3. The molecule has 1 amide bonds. The van der Waals surface area contributed by atoms with E-state index in [2.05, 4.69) is 4.98 Å². The zero-order valence-electron chi connectivity index (χ0n) is 11.2. The fourth-order valence-electron chi connectivity index (χ4n) is 2.52. The molecule has 0 radical (unpaired) electrons. The lowest BCUT2D eigenvalue weighted by atomic mass is 9.83. The van der Waals surface area contributed by atoms with Gasteiger partial charge in [-0.2, -0.15) is 0 Å². The Balaban J connectivity index is 1.92. The summed E-state index contributed by atoms with van der Waals surface area (Å²) in [6.07, 6.45) is 3.08. The number of nitrogens with two attached hydrogens (primary N) is 1. The number of nitrogens with zero attached hydrogens (tertiary/aromatic N) is 2. The van der Waals surface area contributed by atoms with Crippen molar-refractivity contribution in [2.45, 2.75) is 38.0 Å². The van der Waals surface area contributed by atoms with E-state index >= 15 is 0 Å². The van der Waals surface area contributed by atoms with E-state index < -0.39 is 6.10 Å². The number of aliphatic hydroxyl groups is 1. The average Bonchev–Trinajstić information content (AvgIpc) is 2.42. The Morgan fingerprint density at radius 3 is 2.95 bits per heavy atom. The highest BCUT2D eigenvalue weighted by Crippen LogP contribution is 2.25. The Morgan fingerprint density at radius 2 is 2.32 bits per heavy atom. The van der Waals surface area contributed by atoms with Crippen LogP contribution < -0.4 is 5.73 Å². The van der Waals surface area contributed by atoms with Crippen molar-refractivity contribution >= 4 is 5.91 Å². The third-order valence-corrected chi connectivity index (χ3v) is 3.72. The summed E-state index contributed by atoms with van der Waals surface area (Å²) in [4.78, 5) is 18.2. The van der Waals surface area contributed by atoms with Crippen LogP contribution in [0.1, 0.15) is 25.0 Å². The minimum Gasteiger partial charge on any atom is -0.391 e. The molecule has 1 aromatic rings. The average molecular weight is 263 g/mol. The first kappa shape index (κ1) is 14.0. The molecule has 19 heavy (non-hydrogen) atoms. The van der Waals surface area contributed by atoms with Crippen LogP contribution in [0.4, 0.5) is 0 Å². The molecular weight excluding hydrogens is 242 g/mol. The molecule has 1 fully saturated rings. The molecule has 0 aromatic carbocycles. The Hall–Kier alpha value is -1.46. The molecule has 1 saturated carbocycles. The van der Waals surface area contributed by atoms with Crippen molar-refractivity contribution in [1.29, 1.82) is 0 Å². The maximum absolute atomic E-state index is 12.3. The second-order valence-electron chi connectivity index (χ2n) is 5.26. The highest BCUT2D eigenvalue weighted by atomic mass is 16.3. The van der Waals surface area contributed by atoms with Crippen LogP contribution >= 0.6 is 0 Å². The zero-order chi connectivity index (χ0) is 13.8. The van der Waals surface area contributed by atoms with Gasteiger partial charge in [0.05, 0.1) is 18.3 Å². The van der Waals surface area contributed by atoms with E-state index in [4.69, 9.17) is 5.73 Å². The van der Waals surface area contributed by atoms with Gasteiger partial charge in [-0.25, -0.2) is 0 Å². The van der Waals surface area contributed by atoms with Crippen molar-refractivity contribution in [3.05, 3.63) is 30.1 Å². The van der Waals surface area contributed by atoms with Crippen LogP contribution in [0, 0.1) is 5.92 Å². The number of hydrogen-bond acceptors (Lipinski definition) is 4. The van der Waals surface area contributed by atoms with Gasteiger partial charge >= 0.3 is 0 Å². The Morgan fingerprint density at radius 1 is 1.53 bits per heavy atom. The van der Waals surface area contributed by atoms with Crippen LogP contribution in [0.25, 0.3) is 0 Å². The molecule has 0 unspecified atom stereocenters. The van der Waals surface area contributed by atoms with E-state index in [9.17, 15) is 9.90 Å². The number of aliphatic hydroxyl groups excluding tert-OH is 1. The number of carbonyl (C=O) groups is 1. The predicted octanol–water partition coefficient (Wildman–Crippen LogP) is 0.528. The molecule has 0 spiro atoms. The predicted molar refractivity (Wildman–Crippen MR) is 72.0 cm³/mol. The van der Waals surface area contributed by atoms with Crippen molar-refractivity contribution < 1.29 is 9.90 Å². The number of rotatable bonds is 3. The van der Waals surface area contributed by atoms with Gasteiger partial charge in [-0.3, -0.25) is 9.78 Å². The summed E-state index contributed by atoms with van der Waals surface area (Å²) in [5.74, 6) is -0.0554. The molecule has 1 aliphatic carbocycles. The smallest absolute Gasteiger partial charge is 0.225 e. The van der Waals surface area contributed by atoms with Crippen molar-refractivity contribution in [3.8, 4) is 0 Å². The lowest BCUT2D eigenvalue weighted by Gasteiger charge is -2.32. The lowest BCUT2D eigenvalue weighted by Crippen LogP contribution is -2.44. The number of amides is 1. The molecular formula is C14H21N3O2. The van der Waals surface area contributed by atoms with Gasteiger partial charge in [0.15, 0.2) is 0 Å². The summed E-state index contributed by atoms with van der Waals surface area (Å²) in [5, 5.41) is 9.76. The summed E-state index contributed by atoms with van der Waals surface area (Å²) in [6, 6.07) is 5.47. The van der Waals surface area contributed by atoms with Gasteiger partial charge in [-0.05, 0) is 31.4 Å². The molecule has 104 valence electrons. The lowest BCUT2D eigenvalue weighted by molar-refractivity contribution is -0.137. The number of aromatic nitrogens is 1. The fraction of sp³-hybridized carbons (Fsp3) is 0.571. The van der Waals surface area contributed by atoms with Crippen molar-refractivity contribution in [2.75, 3.05) is 7.05 Å². The molecule has 5 nitrogen and oxygen atoms in total. The van der Waals surface area contributed by atoms with E-state index in [1.165, 1.54) is 0 Å². The second kappa shape index (κ2) is 6.12. The minimum atomic E-state index is -0.564. The first-order chi connectivity index (χ1) is 9.08. The molecule has 3 atom stereocenters. The first-order valence-corrected chi connectivity index (χ1v) is 6.66. The van der Waals surface area contributed by atoms with E-state index in [-0.39, 0.29) is 17.9 Å². The number of carbonyl (C=O) groups excluding carboxylic acids is 1. The van der Waals surface area contributed by atoms with Gasteiger partial charge in [0.2, 0.25) is 5.91 Å². The molecule has 2 rings (SSSR count). The summed E-state index contributed by atoms with van der Waals surface area (Å²) >= 11 is 0. The fourth-order valence-corrected chi connectivity index (χ4v) is 2.52. The molecule has 0 aliphatic heterocycles. The molecule has 1 heterocycles.